The van der Waals surface area contributed by atoms with Crippen molar-refractivity contribution in [1.82, 2.24) is 14.5 Å². The van der Waals surface area contributed by atoms with Gasteiger partial charge >= 0.3 is 0 Å². The summed E-state index contributed by atoms with van der Waals surface area (Å²) < 4.78 is 1.92. The highest BCUT2D eigenvalue weighted by Crippen LogP contribution is 2.15. The quantitative estimate of drug-likeness (QED) is 0.570. The van der Waals surface area contributed by atoms with Crippen LogP contribution in [0.25, 0.3) is 22.7 Å². The number of fused-ring (bicyclic) bond motifs is 1. The zero-order valence-electron chi connectivity index (χ0n) is 13.9. The van der Waals surface area contributed by atoms with Gasteiger partial charge in [0, 0.05) is 29.5 Å². The predicted molar refractivity (Wildman–Crippen MR) is 103 cm³/mol. The number of carbonyl (C=O) groups is 1. The molecule has 0 atom stereocenters. The molecule has 0 aliphatic rings. The Kier molecular flexibility index (Phi) is 4.26. The summed E-state index contributed by atoms with van der Waals surface area (Å²) >= 11 is 0. The molecule has 2 aromatic heterocycles. The number of hydrogen-bond acceptors (Lipinski definition) is 3. The van der Waals surface area contributed by atoms with E-state index < -0.39 is 0 Å². The molecule has 126 valence electrons. The number of aromatic nitrogens is 3. The number of rotatable bonds is 4. The summed E-state index contributed by atoms with van der Waals surface area (Å²) in [7, 11) is 0. The fourth-order valence-electron chi connectivity index (χ4n) is 2.64. The highest BCUT2D eigenvalue weighted by atomic mass is 16.1. The fourth-order valence-corrected chi connectivity index (χ4v) is 2.64. The molecule has 0 aliphatic heterocycles. The molecule has 0 spiro atoms. The minimum atomic E-state index is -0.216. The van der Waals surface area contributed by atoms with Gasteiger partial charge in [0.15, 0.2) is 0 Å². The molecular formula is C21H16N4O. The largest absolute Gasteiger partial charge is 0.307 e. The number of para-hydroxylation sites is 1. The van der Waals surface area contributed by atoms with Gasteiger partial charge in [0.25, 0.3) is 0 Å². The number of pyridine rings is 1. The molecule has 0 saturated carbocycles. The fraction of sp³-hybridized carbons (Fsp3) is 0. The van der Waals surface area contributed by atoms with Gasteiger partial charge in [-0.15, -0.1) is 0 Å². The molecule has 0 saturated heterocycles. The maximum Gasteiger partial charge on any atom is 0.249 e. The van der Waals surface area contributed by atoms with Crippen LogP contribution in [0.15, 0.2) is 85.5 Å². The number of amides is 1. The standard InChI is InChI=1S/C21H16N4O/c26-21(24-20-11-8-17-3-1-2-4-19(17)23-20)12-7-16-5-9-18(10-6-16)25-14-13-22-15-25/h1-15H,(H,23,24,26)/b12-7+. The Balaban J connectivity index is 1.43. The molecule has 2 aromatic carbocycles. The molecule has 4 aromatic rings. The maximum absolute atomic E-state index is 12.1. The third-order valence-electron chi connectivity index (χ3n) is 3.97. The summed E-state index contributed by atoms with van der Waals surface area (Å²) in [5.41, 5.74) is 2.81. The molecule has 5 nitrogen and oxygen atoms in total. The van der Waals surface area contributed by atoms with E-state index in [0.717, 1.165) is 22.2 Å². The lowest BCUT2D eigenvalue weighted by Gasteiger charge is -2.04. The minimum Gasteiger partial charge on any atom is -0.307 e. The van der Waals surface area contributed by atoms with Crippen molar-refractivity contribution >= 4 is 28.7 Å². The van der Waals surface area contributed by atoms with E-state index in [4.69, 9.17) is 0 Å². The Hall–Kier alpha value is -3.73. The lowest BCUT2D eigenvalue weighted by atomic mass is 10.2. The van der Waals surface area contributed by atoms with Crippen LogP contribution in [0.3, 0.4) is 0 Å². The normalized spacial score (nSPS) is 11.1. The van der Waals surface area contributed by atoms with Gasteiger partial charge in [0.1, 0.15) is 5.82 Å². The topological polar surface area (TPSA) is 59.8 Å². The van der Waals surface area contributed by atoms with Crippen LogP contribution in [0.4, 0.5) is 5.82 Å². The van der Waals surface area contributed by atoms with Gasteiger partial charge in [-0.25, -0.2) is 9.97 Å². The van der Waals surface area contributed by atoms with Gasteiger partial charge in [0.05, 0.1) is 11.8 Å². The van der Waals surface area contributed by atoms with Gasteiger partial charge in [-0.1, -0.05) is 30.3 Å². The molecule has 1 amide bonds. The van der Waals surface area contributed by atoms with Crippen molar-refractivity contribution in [1.29, 1.82) is 0 Å². The molecule has 0 radical (unpaired) electrons. The number of hydrogen-bond donors (Lipinski definition) is 1. The van der Waals surface area contributed by atoms with Crippen LogP contribution in [0, 0.1) is 0 Å². The molecule has 2 heterocycles. The van der Waals surface area contributed by atoms with E-state index in [1.54, 1.807) is 24.7 Å². The first-order chi connectivity index (χ1) is 12.8. The minimum absolute atomic E-state index is 0.216. The highest BCUT2D eigenvalue weighted by Gasteiger charge is 2.01. The van der Waals surface area contributed by atoms with Crippen LogP contribution in [-0.4, -0.2) is 20.4 Å². The smallest absolute Gasteiger partial charge is 0.249 e. The first-order valence-electron chi connectivity index (χ1n) is 8.21. The Bertz CT molecular complexity index is 1070. The van der Waals surface area contributed by atoms with Crippen molar-refractivity contribution in [2.24, 2.45) is 0 Å². The summed E-state index contributed by atoms with van der Waals surface area (Å²) in [5.74, 6) is 0.320. The number of imidazole rings is 1. The van der Waals surface area contributed by atoms with E-state index in [1.165, 1.54) is 6.08 Å². The summed E-state index contributed by atoms with van der Waals surface area (Å²) in [6, 6.07) is 19.4. The second-order valence-corrected chi connectivity index (χ2v) is 5.77. The summed E-state index contributed by atoms with van der Waals surface area (Å²) in [6.07, 6.45) is 8.64. The van der Waals surface area contributed by atoms with E-state index in [9.17, 15) is 4.79 Å². The van der Waals surface area contributed by atoms with Crippen molar-refractivity contribution in [3.8, 4) is 5.69 Å². The van der Waals surface area contributed by atoms with Crippen LogP contribution in [0.2, 0.25) is 0 Å². The average Bonchev–Trinajstić information content (AvgIpc) is 3.21. The zero-order valence-corrected chi connectivity index (χ0v) is 13.9. The molecule has 4 rings (SSSR count). The Morgan fingerprint density at radius 3 is 2.65 bits per heavy atom. The number of nitrogens with one attached hydrogen (secondary N) is 1. The Morgan fingerprint density at radius 2 is 1.85 bits per heavy atom. The monoisotopic (exact) mass is 340 g/mol. The SMILES string of the molecule is O=C(/C=C/c1ccc(-n2ccnc2)cc1)Nc1ccc2ccccc2n1. The summed E-state index contributed by atoms with van der Waals surface area (Å²) in [5, 5.41) is 3.83. The predicted octanol–water partition coefficient (Wildman–Crippen LogP) is 4.07. The molecule has 0 unspecified atom stereocenters. The van der Waals surface area contributed by atoms with E-state index in [1.807, 2.05) is 65.4 Å². The average molecular weight is 340 g/mol. The lowest BCUT2D eigenvalue weighted by Crippen LogP contribution is -2.09. The van der Waals surface area contributed by atoms with Crippen molar-refractivity contribution in [2.75, 3.05) is 5.32 Å². The Labute approximate surface area is 150 Å². The number of benzene rings is 2. The van der Waals surface area contributed by atoms with Crippen LogP contribution >= 0.6 is 0 Å². The second kappa shape index (κ2) is 7.03. The molecule has 0 bridgehead atoms. The van der Waals surface area contributed by atoms with Gasteiger partial charge in [-0.3, -0.25) is 4.79 Å². The van der Waals surface area contributed by atoms with E-state index >= 15 is 0 Å². The van der Waals surface area contributed by atoms with Crippen LogP contribution in [-0.2, 0) is 4.79 Å². The number of anilines is 1. The van der Waals surface area contributed by atoms with Crippen LogP contribution < -0.4 is 5.32 Å². The van der Waals surface area contributed by atoms with Crippen molar-refractivity contribution in [3.05, 3.63) is 91.0 Å². The maximum atomic E-state index is 12.1. The first kappa shape index (κ1) is 15.8. The van der Waals surface area contributed by atoms with Crippen molar-refractivity contribution in [2.45, 2.75) is 0 Å². The van der Waals surface area contributed by atoms with Crippen LogP contribution in [0.5, 0.6) is 0 Å². The van der Waals surface area contributed by atoms with Crippen LogP contribution in [0.1, 0.15) is 5.56 Å². The zero-order chi connectivity index (χ0) is 17.8. The molecule has 5 heteroatoms. The van der Waals surface area contributed by atoms with E-state index in [2.05, 4.69) is 15.3 Å². The third kappa shape index (κ3) is 3.52. The summed E-state index contributed by atoms with van der Waals surface area (Å²) in [6.45, 7) is 0. The van der Waals surface area contributed by atoms with Crippen molar-refractivity contribution in [3.63, 3.8) is 0 Å². The Morgan fingerprint density at radius 1 is 1.00 bits per heavy atom. The molecule has 0 fully saturated rings. The lowest BCUT2D eigenvalue weighted by molar-refractivity contribution is -0.111. The molecular weight excluding hydrogens is 324 g/mol. The van der Waals surface area contributed by atoms with Gasteiger partial charge in [0.2, 0.25) is 5.91 Å². The second-order valence-electron chi connectivity index (χ2n) is 5.77. The first-order valence-corrected chi connectivity index (χ1v) is 8.21. The highest BCUT2D eigenvalue weighted by molar-refractivity contribution is 6.01. The van der Waals surface area contributed by atoms with Gasteiger partial charge in [-0.2, -0.15) is 0 Å². The third-order valence-corrected chi connectivity index (χ3v) is 3.97. The molecule has 26 heavy (non-hydrogen) atoms. The molecule has 1 N–H and O–H groups in total. The number of carbonyl (C=O) groups excluding carboxylic acids is 1. The summed E-state index contributed by atoms with van der Waals surface area (Å²) in [4.78, 5) is 20.6. The van der Waals surface area contributed by atoms with Gasteiger partial charge in [-0.05, 0) is 42.0 Å². The van der Waals surface area contributed by atoms with E-state index in [-0.39, 0.29) is 5.91 Å². The van der Waals surface area contributed by atoms with Gasteiger partial charge < -0.3 is 9.88 Å². The van der Waals surface area contributed by atoms with E-state index in [0.29, 0.717) is 5.82 Å². The van der Waals surface area contributed by atoms with Crippen molar-refractivity contribution < 1.29 is 4.79 Å². The number of nitrogens with zero attached hydrogens (tertiary/aromatic N) is 3. The molecule has 0 aliphatic carbocycles.